The van der Waals surface area contributed by atoms with Crippen LogP contribution in [0.15, 0.2) is 18.2 Å². The predicted octanol–water partition coefficient (Wildman–Crippen LogP) is 3.28. The average molecular weight is 373 g/mol. The number of imide groups is 1. The van der Waals surface area contributed by atoms with Crippen molar-refractivity contribution in [3.8, 4) is 5.75 Å². The molecule has 144 valence electrons. The van der Waals surface area contributed by atoms with Crippen LogP contribution in [0.5, 0.6) is 5.75 Å². The van der Waals surface area contributed by atoms with Gasteiger partial charge in [-0.05, 0) is 38.0 Å². The molecule has 0 aliphatic heterocycles. The van der Waals surface area contributed by atoms with E-state index >= 15 is 0 Å². The third-order valence-electron chi connectivity index (χ3n) is 3.99. The summed E-state index contributed by atoms with van der Waals surface area (Å²) in [5, 5.41) is 7.20. The number of urea groups is 1. The lowest BCUT2D eigenvalue weighted by Crippen LogP contribution is -2.45. The Balaban J connectivity index is 1.92. The molecule has 1 saturated carbocycles. The molecule has 0 aromatic heterocycles. The highest BCUT2D eigenvalue weighted by atomic mass is 19.4. The minimum Gasteiger partial charge on any atom is -0.494 e. The molecule has 1 aromatic rings. The molecule has 0 bridgehead atoms. The van der Waals surface area contributed by atoms with Crippen molar-refractivity contribution in [1.82, 2.24) is 10.6 Å². The molecular weight excluding hydrogens is 351 g/mol. The van der Waals surface area contributed by atoms with E-state index in [2.05, 4.69) is 16.0 Å². The second-order valence-electron chi connectivity index (χ2n) is 5.99. The van der Waals surface area contributed by atoms with Gasteiger partial charge in [0, 0.05) is 11.7 Å². The van der Waals surface area contributed by atoms with Crippen LogP contribution in [0.1, 0.15) is 38.2 Å². The van der Waals surface area contributed by atoms with Gasteiger partial charge in [-0.15, -0.1) is 0 Å². The SMILES string of the molecule is CCOc1ccc(NCC(=O)NC(=O)NC2CCCC2)c(C(F)(F)F)c1. The maximum atomic E-state index is 13.2. The molecule has 0 heterocycles. The van der Waals surface area contributed by atoms with Crippen LogP contribution < -0.4 is 20.7 Å². The first kappa shape index (κ1) is 19.9. The lowest BCUT2D eigenvalue weighted by atomic mass is 10.1. The molecule has 0 unspecified atom stereocenters. The monoisotopic (exact) mass is 373 g/mol. The quantitative estimate of drug-likeness (QED) is 0.715. The first-order valence-corrected chi connectivity index (χ1v) is 8.48. The van der Waals surface area contributed by atoms with Crippen molar-refractivity contribution >= 4 is 17.6 Å². The fraction of sp³-hybridized carbons (Fsp3) is 0.529. The third kappa shape index (κ3) is 5.82. The van der Waals surface area contributed by atoms with E-state index in [4.69, 9.17) is 4.74 Å². The van der Waals surface area contributed by atoms with Crippen molar-refractivity contribution in [3.63, 3.8) is 0 Å². The predicted molar refractivity (Wildman–Crippen MR) is 90.0 cm³/mol. The van der Waals surface area contributed by atoms with Gasteiger partial charge in [0.2, 0.25) is 5.91 Å². The molecule has 6 nitrogen and oxygen atoms in total. The summed E-state index contributed by atoms with van der Waals surface area (Å²) < 4.78 is 44.6. The Kier molecular flexibility index (Phi) is 6.70. The molecule has 3 N–H and O–H groups in total. The first-order valence-electron chi connectivity index (χ1n) is 8.48. The number of rotatable bonds is 6. The van der Waals surface area contributed by atoms with Gasteiger partial charge in [-0.1, -0.05) is 12.8 Å². The molecule has 0 radical (unpaired) electrons. The first-order chi connectivity index (χ1) is 12.3. The maximum Gasteiger partial charge on any atom is 0.418 e. The van der Waals surface area contributed by atoms with Gasteiger partial charge in [0.05, 0.1) is 18.7 Å². The summed E-state index contributed by atoms with van der Waals surface area (Å²) in [6.45, 7) is 1.44. The van der Waals surface area contributed by atoms with E-state index in [1.54, 1.807) is 6.92 Å². The fourth-order valence-corrected chi connectivity index (χ4v) is 2.81. The smallest absolute Gasteiger partial charge is 0.418 e. The minimum atomic E-state index is -4.61. The molecule has 26 heavy (non-hydrogen) atoms. The van der Waals surface area contributed by atoms with Crippen molar-refractivity contribution in [2.45, 2.75) is 44.8 Å². The zero-order valence-electron chi connectivity index (χ0n) is 14.4. The Hall–Kier alpha value is -2.45. The lowest BCUT2D eigenvalue weighted by Gasteiger charge is -2.16. The molecule has 1 fully saturated rings. The van der Waals surface area contributed by atoms with E-state index in [1.807, 2.05) is 0 Å². The van der Waals surface area contributed by atoms with E-state index in [0.29, 0.717) is 0 Å². The number of amides is 3. The number of carbonyl (C=O) groups is 2. The van der Waals surface area contributed by atoms with Crippen LogP contribution in [0.25, 0.3) is 0 Å². The minimum absolute atomic E-state index is 0.0405. The highest BCUT2D eigenvalue weighted by Gasteiger charge is 2.34. The molecule has 3 amide bonds. The number of halogens is 3. The highest BCUT2D eigenvalue weighted by Crippen LogP contribution is 2.37. The summed E-state index contributed by atoms with van der Waals surface area (Å²) >= 11 is 0. The molecule has 1 aliphatic carbocycles. The van der Waals surface area contributed by atoms with Crippen LogP contribution in [-0.2, 0) is 11.0 Å². The van der Waals surface area contributed by atoms with Crippen molar-refractivity contribution < 1.29 is 27.5 Å². The van der Waals surface area contributed by atoms with E-state index in [9.17, 15) is 22.8 Å². The number of hydrogen-bond donors (Lipinski definition) is 3. The van der Waals surface area contributed by atoms with E-state index in [1.165, 1.54) is 12.1 Å². The molecular formula is C17H22F3N3O3. The summed E-state index contributed by atoms with van der Waals surface area (Å²) in [5.41, 5.74) is -1.20. The van der Waals surface area contributed by atoms with Gasteiger partial charge in [0.25, 0.3) is 0 Å². The summed E-state index contributed by atoms with van der Waals surface area (Å²) in [7, 11) is 0. The van der Waals surface area contributed by atoms with Crippen molar-refractivity contribution in [2.24, 2.45) is 0 Å². The molecule has 0 saturated heterocycles. The largest absolute Gasteiger partial charge is 0.494 e. The summed E-state index contributed by atoms with van der Waals surface area (Å²) in [5.74, 6) is -0.631. The second kappa shape index (κ2) is 8.77. The van der Waals surface area contributed by atoms with Gasteiger partial charge >= 0.3 is 12.2 Å². The number of carbonyl (C=O) groups excluding carboxylic acids is 2. The Morgan fingerprint density at radius 2 is 1.92 bits per heavy atom. The van der Waals surface area contributed by atoms with Gasteiger partial charge in [0.15, 0.2) is 0 Å². The zero-order chi connectivity index (χ0) is 19.2. The van der Waals surface area contributed by atoms with Crippen molar-refractivity contribution in [3.05, 3.63) is 23.8 Å². The topological polar surface area (TPSA) is 79.5 Å². The fourth-order valence-electron chi connectivity index (χ4n) is 2.81. The van der Waals surface area contributed by atoms with E-state index in [0.717, 1.165) is 31.7 Å². The molecule has 0 atom stereocenters. The van der Waals surface area contributed by atoms with Crippen molar-refractivity contribution in [1.29, 1.82) is 0 Å². The standard InChI is InChI=1S/C17H22F3N3O3/c1-2-26-12-7-8-14(13(9-12)17(18,19)20)21-10-15(24)23-16(25)22-11-5-3-4-6-11/h7-9,11,21H,2-6,10H2,1H3,(H2,22,23,24,25). The average Bonchev–Trinajstić information content (AvgIpc) is 3.05. The Labute approximate surface area is 149 Å². The van der Waals surface area contributed by atoms with Crippen LogP contribution in [0.2, 0.25) is 0 Å². The zero-order valence-corrected chi connectivity index (χ0v) is 14.4. The Bertz CT molecular complexity index is 644. The maximum absolute atomic E-state index is 13.2. The second-order valence-corrected chi connectivity index (χ2v) is 5.99. The number of benzene rings is 1. The normalized spacial score (nSPS) is 14.8. The number of anilines is 1. The van der Waals surface area contributed by atoms with Gasteiger partial charge in [-0.3, -0.25) is 10.1 Å². The summed E-state index contributed by atoms with van der Waals surface area (Å²) in [6.07, 6.45) is -0.829. The number of hydrogen-bond acceptors (Lipinski definition) is 4. The van der Waals surface area contributed by atoms with Crippen LogP contribution in [0.4, 0.5) is 23.7 Å². The van der Waals surface area contributed by atoms with Gasteiger partial charge < -0.3 is 15.4 Å². The van der Waals surface area contributed by atoms with Crippen LogP contribution in [0.3, 0.4) is 0 Å². The molecule has 1 aromatic carbocycles. The lowest BCUT2D eigenvalue weighted by molar-refractivity contribution is -0.137. The number of ether oxygens (including phenoxy) is 1. The van der Waals surface area contributed by atoms with Crippen LogP contribution >= 0.6 is 0 Å². The Morgan fingerprint density at radius 1 is 1.23 bits per heavy atom. The summed E-state index contributed by atoms with van der Waals surface area (Å²) in [6, 6.07) is 2.85. The van der Waals surface area contributed by atoms with Gasteiger partial charge in [-0.25, -0.2) is 4.79 Å². The van der Waals surface area contributed by atoms with Gasteiger partial charge in [-0.2, -0.15) is 13.2 Å². The summed E-state index contributed by atoms with van der Waals surface area (Å²) in [4.78, 5) is 23.5. The van der Waals surface area contributed by atoms with Crippen LogP contribution in [-0.4, -0.2) is 31.1 Å². The Morgan fingerprint density at radius 3 is 2.54 bits per heavy atom. The van der Waals surface area contributed by atoms with Crippen molar-refractivity contribution in [2.75, 3.05) is 18.5 Å². The van der Waals surface area contributed by atoms with Crippen LogP contribution in [0, 0.1) is 0 Å². The third-order valence-corrected chi connectivity index (χ3v) is 3.99. The van der Waals surface area contributed by atoms with Gasteiger partial charge in [0.1, 0.15) is 5.75 Å². The molecule has 0 spiro atoms. The number of alkyl halides is 3. The highest BCUT2D eigenvalue weighted by molar-refractivity contribution is 5.96. The van der Waals surface area contributed by atoms with E-state index < -0.39 is 30.2 Å². The molecule has 1 aliphatic rings. The number of nitrogens with one attached hydrogen (secondary N) is 3. The molecule has 9 heteroatoms. The van der Waals surface area contributed by atoms with E-state index in [-0.39, 0.29) is 24.1 Å². The molecule has 2 rings (SSSR count).